The zero-order valence-corrected chi connectivity index (χ0v) is 8.98. The van der Waals surface area contributed by atoms with Gasteiger partial charge in [0.2, 0.25) is 0 Å². The van der Waals surface area contributed by atoms with Gasteiger partial charge < -0.3 is 10.5 Å². The molecule has 1 aromatic rings. The van der Waals surface area contributed by atoms with E-state index in [1.807, 2.05) is 19.1 Å². The van der Waals surface area contributed by atoms with Crippen molar-refractivity contribution in [2.45, 2.75) is 26.3 Å². The lowest BCUT2D eigenvalue weighted by Crippen LogP contribution is -2.08. The Bertz CT molecular complexity index is 298. The molecule has 82 valence electrons. The number of nitrogens with one attached hydrogen (secondary N) is 1. The van der Waals surface area contributed by atoms with E-state index in [0.717, 1.165) is 24.1 Å². The number of aromatic nitrogens is 1. The molecule has 1 heterocycles. The predicted octanol–water partition coefficient (Wildman–Crippen LogP) is 1.32. The third-order valence-electron chi connectivity index (χ3n) is 2.00. The van der Waals surface area contributed by atoms with Crippen LogP contribution in [0.5, 0.6) is 0 Å². The van der Waals surface area contributed by atoms with Crippen LogP contribution in [0, 0.1) is 0 Å². The molecule has 1 rings (SSSR count). The molecule has 15 heavy (non-hydrogen) atoms. The fraction of sp³-hybridized carbons (Fsp3) is 0.455. The van der Waals surface area contributed by atoms with E-state index >= 15 is 0 Å². The Balaban J connectivity index is 2.26. The second-order valence-electron chi connectivity index (χ2n) is 3.36. The maximum absolute atomic E-state index is 8.64. The highest BCUT2D eigenvalue weighted by molar-refractivity contribution is 5.81. The van der Waals surface area contributed by atoms with E-state index in [0.29, 0.717) is 6.54 Å². The van der Waals surface area contributed by atoms with Crippen LogP contribution in [0.4, 0.5) is 0 Å². The molecule has 0 aliphatic carbocycles. The maximum atomic E-state index is 8.64. The summed E-state index contributed by atoms with van der Waals surface area (Å²) in [5, 5.41) is 12.8. The topological polar surface area (TPSA) is 57.5 Å². The summed E-state index contributed by atoms with van der Waals surface area (Å²) in [5.74, 6) is 0. The first-order valence-electron chi connectivity index (χ1n) is 5.08. The second kappa shape index (κ2) is 6.95. The van der Waals surface area contributed by atoms with Crippen LogP contribution in [-0.2, 0) is 6.54 Å². The van der Waals surface area contributed by atoms with Crippen molar-refractivity contribution in [3.63, 3.8) is 0 Å². The van der Waals surface area contributed by atoms with Crippen molar-refractivity contribution < 1.29 is 5.11 Å². The molecule has 0 amide bonds. The van der Waals surface area contributed by atoms with Gasteiger partial charge in [0, 0.05) is 24.7 Å². The Labute approximate surface area is 90.1 Å². The fourth-order valence-electron chi connectivity index (χ4n) is 1.16. The molecule has 0 fully saturated rings. The lowest BCUT2D eigenvalue weighted by Gasteiger charge is -2.02. The van der Waals surface area contributed by atoms with E-state index in [2.05, 4.69) is 15.5 Å². The van der Waals surface area contributed by atoms with Crippen molar-refractivity contribution >= 4 is 5.71 Å². The minimum absolute atomic E-state index is 0.219. The quantitative estimate of drug-likeness (QED) is 0.546. The summed E-state index contributed by atoms with van der Waals surface area (Å²) < 4.78 is 0. The summed E-state index contributed by atoms with van der Waals surface area (Å²) in [6.45, 7) is 2.88. The number of nitrogens with zero attached hydrogens (tertiary/aromatic N) is 2. The largest absolute Gasteiger partial charge is 0.396 e. The first-order valence-corrected chi connectivity index (χ1v) is 5.08. The Morgan fingerprint density at radius 1 is 1.47 bits per heavy atom. The van der Waals surface area contributed by atoms with Crippen LogP contribution in [-0.4, -0.2) is 22.4 Å². The molecule has 0 unspecified atom stereocenters. The van der Waals surface area contributed by atoms with Crippen LogP contribution in [0.15, 0.2) is 29.6 Å². The molecule has 0 bridgehead atoms. The smallest absolute Gasteiger partial charge is 0.0581 e. The van der Waals surface area contributed by atoms with E-state index in [9.17, 15) is 0 Å². The minimum atomic E-state index is 0.219. The van der Waals surface area contributed by atoms with Crippen molar-refractivity contribution in [2.24, 2.45) is 5.10 Å². The fourth-order valence-corrected chi connectivity index (χ4v) is 1.16. The van der Waals surface area contributed by atoms with E-state index in [4.69, 9.17) is 5.11 Å². The second-order valence-corrected chi connectivity index (χ2v) is 3.36. The lowest BCUT2D eigenvalue weighted by atomic mass is 10.2. The van der Waals surface area contributed by atoms with Gasteiger partial charge in [-0.3, -0.25) is 4.98 Å². The summed E-state index contributed by atoms with van der Waals surface area (Å²) in [6.07, 6.45) is 5.13. The molecular formula is C11H17N3O. The standard InChI is InChI=1S/C11H17N3O/c1-10(3-2-8-15)14-13-9-11-4-6-12-7-5-11/h4-7,13,15H,2-3,8-9H2,1H3. The molecule has 2 N–H and O–H groups in total. The van der Waals surface area contributed by atoms with Crippen molar-refractivity contribution in [2.75, 3.05) is 6.61 Å². The summed E-state index contributed by atoms with van der Waals surface area (Å²) in [5.41, 5.74) is 5.16. The molecule has 0 aliphatic heterocycles. The van der Waals surface area contributed by atoms with Gasteiger partial charge in [0.25, 0.3) is 0 Å². The van der Waals surface area contributed by atoms with Gasteiger partial charge in [0.15, 0.2) is 0 Å². The zero-order chi connectivity index (χ0) is 10.9. The Kier molecular flexibility index (Phi) is 5.40. The van der Waals surface area contributed by atoms with Gasteiger partial charge in [0.1, 0.15) is 0 Å². The highest BCUT2D eigenvalue weighted by Gasteiger charge is 1.92. The van der Waals surface area contributed by atoms with Gasteiger partial charge in [0.05, 0.1) is 6.54 Å². The van der Waals surface area contributed by atoms with Crippen molar-refractivity contribution in [3.8, 4) is 0 Å². The third-order valence-corrected chi connectivity index (χ3v) is 2.00. The highest BCUT2D eigenvalue weighted by atomic mass is 16.2. The zero-order valence-electron chi connectivity index (χ0n) is 8.98. The van der Waals surface area contributed by atoms with Crippen LogP contribution in [0.2, 0.25) is 0 Å². The molecular weight excluding hydrogens is 190 g/mol. The highest BCUT2D eigenvalue weighted by Crippen LogP contribution is 1.95. The Morgan fingerprint density at radius 2 is 2.20 bits per heavy atom. The van der Waals surface area contributed by atoms with Crippen LogP contribution < -0.4 is 5.43 Å². The van der Waals surface area contributed by atoms with E-state index in [1.54, 1.807) is 12.4 Å². The molecule has 0 saturated heterocycles. The molecule has 0 aliphatic rings. The SMILES string of the molecule is CC(CCCO)=NNCc1ccncc1. The summed E-state index contributed by atoms with van der Waals surface area (Å²) in [4.78, 5) is 3.94. The van der Waals surface area contributed by atoms with Crippen LogP contribution in [0.25, 0.3) is 0 Å². The van der Waals surface area contributed by atoms with Crippen LogP contribution >= 0.6 is 0 Å². The normalized spacial score (nSPS) is 11.5. The summed E-state index contributed by atoms with van der Waals surface area (Å²) >= 11 is 0. The molecule has 4 nitrogen and oxygen atoms in total. The summed E-state index contributed by atoms with van der Waals surface area (Å²) in [6, 6.07) is 3.90. The van der Waals surface area contributed by atoms with Crippen LogP contribution in [0.1, 0.15) is 25.3 Å². The van der Waals surface area contributed by atoms with Gasteiger partial charge >= 0.3 is 0 Å². The third kappa shape index (κ3) is 5.12. The number of pyridine rings is 1. The molecule has 0 saturated carbocycles. The maximum Gasteiger partial charge on any atom is 0.0581 e. The van der Waals surface area contributed by atoms with Gasteiger partial charge in [-0.1, -0.05) is 0 Å². The molecule has 0 radical (unpaired) electrons. The number of hydrogen-bond donors (Lipinski definition) is 2. The number of aliphatic hydroxyl groups is 1. The average molecular weight is 207 g/mol. The lowest BCUT2D eigenvalue weighted by molar-refractivity contribution is 0.291. The molecule has 0 atom stereocenters. The summed E-state index contributed by atoms with van der Waals surface area (Å²) in [7, 11) is 0. The van der Waals surface area contributed by atoms with Crippen molar-refractivity contribution in [3.05, 3.63) is 30.1 Å². The number of aliphatic hydroxyl groups excluding tert-OH is 1. The minimum Gasteiger partial charge on any atom is -0.396 e. The molecule has 0 aromatic carbocycles. The van der Waals surface area contributed by atoms with Gasteiger partial charge in [-0.05, 0) is 37.5 Å². The molecule has 0 spiro atoms. The van der Waals surface area contributed by atoms with E-state index < -0.39 is 0 Å². The average Bonchev–Trinajstić information content (AvgIpc) is 2.28. The van der Waals surface area contributed by atoms with Crippen molar-refractivity contribution in [1.29, 1.82) is 0 Å². The first kappa shape index (κ1) is 11.7. The van der Waals surface area contributed by atoms with Crippen molar-refractivity contribution in [1.82, 2.24) is 10.4 Å². The Morgan fingerprint density at radius 3 is 2.87 bits per heavy atom. The number of hydrazone groups is 1. The Hall–Kier alpha value is -1.42. The van der Waals surface area contributed by atoms with Gasteiger partial charge in [-0.2, -0.15) is 5.10 Å². The van der Waals surface area contributed by atoms with Crippen LogP contribution in [0.3, 0.4) is 0 Å². The molecule has 4 heteroatoms. The monoisotopic (exact) mass is 207 g/mol. The number of hydrogen-bond acceptors (Lipinski definition) is 4. The predicted molar refractivity (Wildman–Crippen MR) is 60.5 cm³/mol. The first-order chi connectivity index (χ1) is 7.33. The number of rotatable bonds is 6. The van der Waals surface area contributed by atoms with Gasteiger partial charge in [-0.25, -0.2) is 0 Å². The van der Waals surface area contributed by atoms with E-state index in [-0.39, 0.29) is 6.61 Å². The molecule has 1 aromatic heterocycles. The van der Waals surface area contributed by atoms with Gasteiger partial charge in [-0.15, -0.1) is 0 Å². The van der Waals surface area contributed by atoms with E-state index in [1.165, 1.54) is 0 Å².